The second-order valence-corrected chi connectivity index (χ2v) is 16.6. The van der Waals surface area contributed by atoms with E-state index < -0.39 is 14.4 Å². The van der Waals surface area contributed by atoms with Crippen LogP contribution in [0.15, 0.2) is 109 Å². The molecule has 0 aromatic heterocycles. The summed E-state index contributed by atoms with van der Waals surface area (Å²) in [6.07, 6.45) is 0.294. The molecule has 0 saturated carbocycles. The highest BCUT2D eigenvalue weighted by Crippen LogP contribution is 2.44. The molecule has 1 aliphatic carbocycles. The highest BCUT2D eigenvalue weighted by Gasteiger charge is 2.50. The lowest BCUT2D eigenvalue weighted by atomic mass is 9.98. The number of hydrogen-bond acceptors (Lipinski definition) is 5. The molecule has 0 fully saturated rings. The van der Waals surface area contributed by atoms with Gasteiger partial charge in [-0.3, -0.25) is 0 Å². The van der Waals surface area contributed by atoms with Crippen LogP contribution in [0.3, 0.4) is 0 Å². The van der Waals surface area contributed by atoms with Crippen molar-refractivity contribution in [3.63, 3.8) is 0 Å². The Labute approximate surface area is 268 Å². The quantitative estimate of drug-likeness (QED) is 0.121. The Balaban J connectivity index is 0.973. The molecule has 0 unspecified atom stereocenters. The standard InChI is InChI=1S/C38H45NO5Si/c1-38(2,3)45(30-15-6-4-7-16-30,31-17-8-5-9-18-31)44-28-27-42-26-25-41-24-14-23-39-37(40)43-29-36-34-21-12-10-19-32(34)33-20-11-13-22-35(33)36/h4-13,15-22,36H,14,23-29H2,1-3H3,(H,39,40). The number of alkyl carbamates (subject to hydrolysis) is 1. The summed E-state index contributed by atoms with van der Waals surface area (Å²) in [7, 11) is -2.55. The van der Waals surface area contributed by atoms with E-state index in [1.54, 1.807) is 0 Å². The normalized spacial score (nSPS) is 12.9. The summed E-state index contributed by atoms with van der Waals surface area (Å²) >= 11 is 0. The van der Waals surface area contributed by atoms with Gasteiger partial charge in [-0.05, 0) is 44.1 Å². The maximum Gasteiger partial charge on any atom is 0.407 e. The predicted molar refractivity (Wildman–Crippen MR) is 183 cm³/mol. The third-order valence-electron chi connectivity index (χ3n) is 8.41. The molecule has 0 atom stereocenters. The molecule has 236 valence electrons. The first kappa shape index (κ1) is 32.6. The third kappa shape index (κ3) is 7.73. The molecule has 0 bridgehead atoms. The molecule has 45 heavy (non-hydrogen) atoms. The molecule has 0 aliphatic heterocycles. The monoisotopic (exact) mass is 623 g/mol. The van der Waals surface area contributed by atoms with E-state index in [-0.39, 0.29) is 11.0 Å². The summed E-state index contributed by atoms with van der Waals surface area (Å²) in [5.74, 6) is 0.0563. The van der Waals surface area contributed by atoms with Crippen molar-refractivity contribution in [1.82, 2.24) is 5.32 Å². The average molecular weight is 624 g/mol. The number of carbonyl (C=O) groups excluding carboxylic acids is 1. The van der Waals surface area contributed by atoms with Gasteiger partial charge in [0.15, 0.2) is 0 Å². The van der Waals surface area contributed by atoms with Gasteiger partial charge in [-0.1, -0.05) is 130 Å². The SMILES string of the molecule is CC(C)(C)[Si](OCCOCCOCCCNC(=O)OCC1c2ccccc2-c2ccccc21)(c1ccccc1)c1ccccc1. The number of nitrogens with one attached hydrogen (secondary N) is 1. The van der Waals surface area contributed by atoms with Crippen LogP contribution >= 0.6 is 0 Å². The number of fused-ring (bicyclic) bond motifs is 3. The van der Waals surface area contributed by atoms with Crippen LogP contribution in [0.25, 0.3) is 11.1 Å². The van der Waals surface area contributed by atoms with Gasteiger partial charge in [-0.25, -0.2) is 4.79 Å². The van der Waals surface area contributed by atoms with Gasteiger partial charge in [0.25, 0.3) is 8.32 Å². The molecule has 4 aromatic carbocycles. The van der Waals surface area contributed by atoms with Gasteiger partial charge < -0.3 is 24.0 Å². The Morgan fingerprint density at radius 3 is 1.71 bits per heavy atom. The number of rotatable bonds is 15. The zero-order valence-electron chi connectivity index (χ0n) is 26.7. The summed E-state index contributed by atoms with van der Waals surface area (Å²) in [4.78, 5) is 12.4. The molecule has 6 nitrogen and oxygen atoms in total. The fourth-order valence-corrected chi connectivity index (χ4v) is 10.9. The topological polar surface area (TPSA) is 66.0 Å². The number of amides is 1. The maximum absolute atomic E-state index is 12.4. The molecule has 7 heteroatoms. The van der Waals surface area contributed by atoms with E-state index in [9.17, 15) is 4.79 Å². The molecule has 1 aliphatic rings. The van der Waals surface area contributed by atoms with Gasteiger partial charge in [0.05, 0.1) is 26.4 Å². The minimum atomic E-state index is -2.55. The molecule has 0 heterocycles. The zero-order valence-corrected chi connectivity index (χ0v) is 27.7. The van der Waals surface area contributed by atoms with Gasteiger partial charge in [0.2, 0.25) is 0 Å². The second kappa shape index (κ2) is 15.5. The van der Waals surface area contributed by atoms with E-state index in [2.05, 4.69) is 111 Å². The van der Waals surface area contributed by atoms with Crippen LogP contribution in [0.1, 0.15) is 44.2 Å². The molecule has 0 radical (unpaired) electrons. The summed E-state index contributed by atoms with van der Waals surface area (Å²) in [6.45, 7) is 10.1. The van der Waals surface area contributed by atoms with Crippen molar-refractivity contribution in [2.24, 2.45) is 0 Å². The number of hydrogen-bond donors (Lipinski definition) is 1. The number of benzene rings is 4. The molecule has 5 rings (SSSR count). The van der Waals surface area contributed by atoms with E-state index >= 15 is 0 Å². The lowest BCUT2D eigenvalue weighted by molar-refractivity contribution is 0.0345. The smallest absolute Gasteiger partial charge is 0.407 e. The predicted octanol–water partition coefficient (Wildman–Crippen LogP) is 6.53. The van der Waals surface area contributed by atoms with Gasteiger partial charge >= 0.3 is 6.09 Å². The number of carbonyl (C=O) groups is 1. The lowest BCUT2D eigenvalue weighted by Gasteiger charge is -2.43. The maximum atomic E-state index is 12.4. The van der Waals surface area contributed by atoms with Crippen LogP contribution in [0.4, 0.5) is 4.79 Å². The van der Waals surface area contributed by atoms with E-state index in [1.165, 1.54) is 32.6 Å². The summed E-state index contributed by atoms with van der Waals surface area (Å²) in [5, 5.41) is 5.30. The van der Waals surface area contributed by atoms with Crippen LogP contribution in [-0.4, -0.2) is 60.6 Å². The Morgan fingerprint density at radius 2 is 1.16 bits per heavy atom. The van der Waals surface area contributed by atoms with E-state index in [1.807, 2.05) is 24.3 Å². The second-order valence-electron chi connectivity index (χ2n) is 12.3. The minimum Gasteiger partial charge on any atom is -0.449 e. The number of ether oxygens (including phenoxy) is 3. The highest BCUT2D eigenvalue weighted by atomic mass is 28.4. The molecule has 0 spiro atoms. The highest BCUT2D eigenvalue weighted by molar-refractivity contribution is 6.99. The van der Waals surface area contributed by atoms with Crippen LogP contribution in [0, 0.1) is 0 Å². The van der Waals surface area contributed by atoms with E-state index in [0.29, 0.717) is 52.6 Å². The fraction of sp³-hybridized carbons (Fsp3) is 0.342. The lowest BCUT2D eigenvalue weighted by Crippen LogP contribution is -2.66. The van der Waals surface area contributed by atoms with Gasteiger partial charge in [-0.15, -0.1) is 0 Å². The van der Waals surface area contributed by atoms with Crippen molar-refractivity contribution in [3.8, 4) is 11.1 Å². The molecular formula is C38H45NO5Si. The molecule has 1 N–H and O–H groups in total. The Bertz CT molecular complexity index is 1420. The van der Waals surface area contributed by atoms with Crippen molar-refractivity contribution < 1.29 is 23.4 Å². The van der Waals surface area contributed by atoms with E-state index in [0.717, 1.165) is 0 Å². The Hall–Kier alpha value is -3.75. The van der Waals surface area contributed by atoms with Crippen molar-refractivity contribution in [2.45, 2.75) is 38.1 Å². The van der Waals surface area contributed by atoms with Crippen LogP contribution in [0.5, 0.6) is 0 Å². The summed E-state index contributed by atoms with van der Waals surface area (Å²) in [6, 6.07) is 37.9. The Morgan fingerprint density at radius 1 is 0.667 bits per heavy atom. The van der Waals surface area contributed by atoms with Gasteiger partial charge in [0, 0.05) is 19.1 Å². The summed E-state index contributed by atoms with van der Waals surface area (Å²) in [5.41, 5.74) is 4.85. The van der Waals surface area contributed by atoms with Crippen molar-refractivity contribution >= 4 is 24.8 Å². The molecule has 1 amide bonds. The first-order chi connectivity index (χ1) is 21.9. The van der Waals surface area contributed by atoms with Crippen LogP contribution < -0.4 is 15.7 Å². The largest absolute Gasteiger partial charge is 0.449 e. The summed E-state index contributed by atoms with van der Waals surface area (Å²) < 4.78 is 24.1. The first-order valence-corrected chi connectivity index (χ1v) is 17.8. The third-order valence-corrected chi connectivity index (χ3v) is 13.5. The van der Waals surface area contributed by atoms with Crippen molar-refractivity contribution in [1.29, 1.82) is 0 Å². The van der Waals surface area contributed by atoms with Crippen molar-refractivity contribution in [2.75, 3.05) is 46.2 Å². The van der Waals surface area contributed by atoms with Crippen molar-refractivity contribution in [3.05, 3.63) is 120 Å². The van der Waals surface area contributed by atoms with Crippen LogP contribution in [-0.2, 0) is 18.6 Å². The van der Waals surface area contributed by atoms with E-state index in [4.69, 9.17) is 18.6 Å². The van der Waals surface area contributed by atoms with Gasteiger partial charge in [0.1, 0.15) is 6.61 Å². The fourth-order valence-electron chi connectivity index (χ4n) is 6.35. The van der Waals surface area contributed by atoms with Crippen LogP contribution in [0.2, 0.25) is 5.04 Å². The Kier molecular flexibility index (Phi) is 11.2. The average Bonchev–Trinajstić information content (AvgIpc) is 3.38. The molecule has 0 saturated heterocycles. The molecule has 4 aromatic rings. The first-order valence-electron chi connectivity index (χ1n) is 15.9. The molecular weight excluding hydrogens is 579 g/mol. The van der Waals surface area contributed by atoms with Gasteiger partial charge in [-0.2, -0.15) is 0 Å². The zero-order chi connectivity index (χ0) is 31.5. The minimum absolute atomic E-state index is 0.0563.